The molecule has 0 fully saturated rings. The highest BCUT2D eigenvalue weighted by atomic mass is 16.1. The fourth-order valence-corrected chi connectivity index (χ4v) is 0.901. The van der Waals surface area contributed by atoms with Crippen molar-refractivity contribution in [1.82, 2.24) is 4.98 Å². The molecule has 0 aromatic carbocycles. The van der Waals surface area contributed by atoms with Crippen molar-refractivity contribution in [2.24, 2.45) is 5.73 Å². The largest absolute Gasteiger partial charge is 0.397 e. The maximum Gasteiger partial charge on any atom is 0.223 e. The molecule has 0 aliphatic heterocycles. The predicted molar refractivity (Wildman–Crippen MR) is 46.3 cm³/mol. The average Bonchev–Trinajstić information content (AvgIpc) is 1.96. The number of primary amides is 1. The zero-order chi connectivity index (χ0) is 9.14. The third-order valence-electron chi connectivity index (χ3n) is 1.54. The highest BCUT2D eigenvalue weighted by Gasteiger charge is 2.01. The van der Waals surface area contributed by atoms with Gasteiger partial charge in [-0.25, -0.2) is 0 Å². The zero-order valence-electron chi connectivity index (χ0n) is 6.87. The fraction of sp³-hybridized carbons (Fsp3) is 0.250. The molecule has 0 aliphatic rings. The lowest BCUT2D eigenvalue weighted by atomic mass is 10.2. The van der Waals surface area contributed by atoms with E-state index in [0.717, 1.165) is 5.69 Å². The van der Waals surface area contributed by atoms with Gasteiger partial charge in [0, 0.05) is 0 Å². The molecule has 12 heavy (non-hydrogen) atoms. The highest BCUT2D eigenvalue weighted by Crippen LogP contribution is 2.07. The Bertz CT molecular complexity index is 309. The van der Waals surface area contributed by atoms with E-state index in [-0.39, 0.29) is 12.3 Å². The van der Waals surface area contributed by atoms with E-state index in [1.54, 1.807) is 19.1 Å². The van der Waals surface area contributed by atoms with E-state index in [0.29, 0.717) is 11.4 Å². The van der Waals surface area contributed by atoms with Crippen molar-refractivity contribution < 1.29 is 4.79 Å². The third-order valence-corrected chi connectivity index (χ3v) is 1.54. The Morgan fingerprint density at radius 3 is 2.75 bits per heavy atom. The summed E-state index contributed by atoms with van der Waals surface area (Å²) in [6.07, 6.45) is 0.168. The number of amides is 1. The van der Waals surface area contributed by atoms with Crippen molar-refractivity contribution in [3.63, 3.8) is 0 Å². The molecule has 1 amide bonds. The third kappa shape index (κ3) is 1.95. The Morgan fingerprint density at radius 2 is 2.25 bits per heavy atom. The highest BCUT2D eigenvalue weighted by molar-refractivity contribution is 5.76. The molecule has 4 N–H and O–H groups in total. The number of pyridine rings is 1. The van der Waals surface area contributed by atoms with Gasteiger partial charge >= 0.3 is 0 Å². The number of nitrogens with two attached hydrogens (primary N) is 2. The summed E-state index contributed by atoms with van der Waals surface area (Å²) in [5, 5.41) is 0. The molecule has 64 valence electrons. The summed E-state index contributed by atoms with van der Waals surface area (Å²) in [4.78, 5) is 14.6. The Morgan fingerprint density at radius 1 is 1.58 bits per heavy atom. The Kier molecular flexibility index (Phi) is 2.28. The van der Waals surface area contributed by atoms with Gasteiger partial charge < -0.3 is 11.5 Å². The number of aryl methyl sites for hydroxylation is 1. The second-order valence-corrected chi connectivity index (χ2v) is 2.62. The van der Waals surface area contributed by atoms with Crippen LogP contribution in [-0.4, -0.2) is 10.9 Å². The number of nitrogens with zero attached hydrogens (tertiary/aromatic N) is 1. The molecule has 0 saturated carbocycles. The molecule has 4 heteroatoms. The molecule has 0 bridgehead atoms. The maximum absolute atomic E-state index is 10.5. The number of aromatic nitrogens is 1. The molecule has 0 radical (unpaired) electrons. The van der Waals surface area contributed by atoms with Crippen LogP contribution in [0.3, 0.4) is 0 Å². The predicted octanol–water partition coefficient (Wildman–Crippen LogP) is 0.0000200. The lowest BCUT2D eigenvalue weighted by Crippen LogP contribution is -2.14. The summed E-state index contributed by atoms with van der Waals surface area (Å²) >= 11 is 0. The first-order valence-corrected chi connectivity index (χ1v) is 3.60. The van der Waals surface area contributed by atoms with E-state index < -0.39 is 0 Å². The quantitative estimate of drug-likeness (QED) is 0.647. The van der Waals surface area contributed by atoms with E-state index in [1.165, 1.54) is 0 Å². The number of carbonyl (C=O) groups is 1. The Hall–Kier alpha value is -1.58. The number of hydrogen-bond acceptors (Lipinski definition) is 3. The van der Waals surface area contributed by atoms with Gasteiger partial charge in [0.1, 0.15) is 0 Å². The number of anilines is 1. The molecule has 1 rings (SSSR count). The second kappa shape index (κ2) is 3.21. The lowest BCUT2D eigenvalue weighted by Gasteiger charge is -2.01. The minimum absolute atomic E-state index is 0.168. The van der Waals surface area contributed by atoms with E-state index in [9.17, 15) is 4.79 Å². The second-order valence-electron chi connectivity index (χ2n) is 2.62. The van der Waals surface area contributed by atoms with Crippen LogP contribution in [0.5, 0.6) is 0 Å². The molecule has 4 nitrogen and oxygen atoms in total. The summed E-state index contributed by atoms with van der Waals surface area (Å²) in [5.41, 5.74) is 12.6. The molecule has 1 aromatic heterocycles. The first-order chi connectivity index (χ1) is 5.59. The summed E-state index contributed by atoms with van der Waals surface area (Å²) in [6, 6.07) is 3.42. The minimum atomic E-state index is -0.383. The summed E-state index contributed by atoms with van der Waals surface area (Å²) in [6.45, 7) is 1.79. The van der Waals surface area contributed by atoms with Gasteiger partial charge in [-0.05, 0) is 19.1 Å². The van der Waals surface area contributed by atoms with Crippen molar-refractivity contribution in [3.05, 3.63) is 23.5 Å². The standard InChI is InChI=1S/C8H11N3O/c1-5-7(9)3-2-6(11-5)4-8(10)12/h2-3H,4,9H2,1H3,(H2,10,12). The molecule has 0 spiro atoms. The van der Waals surface area contributed by atoms with Crippen molar-refractivity contribution >= 4 is 11.6 Å². The van der Waals surface area contributed by atoms with Gasteiger partial charge in [-0.2, -0.15) is 0 Å². The fourth-order valence-electron chi connectivity index (χ4n) is 0.901. The van der Waals surface area contributed by atoms with Crippen LogP contribution in [0.15, 0.2) is 12.1 Å². The molecule has 0 unspecified atom stereocenters. The van der Waals surface area contributed by atoms with Gasteiger partial charge in [-0.1, -0.05) is 0 Å². The Labute approximate surface area is 70.6 Å². The maximum atomic E-state index is 10.5. The molecule has 0 saturated heterocycles. The van der Waals surface area contributed by atoms with Crippen molar-refractivity contribution in [3.8, 4) is 0 Å². The minimum Gasteiger partial charge on any atom is -0.397 e. The van der Waals surface area contributed by atoms with E-state index in [2.05, 4.69) is 4.98 Å². The van der Waals surface area contributed by atoms with Crippen LogP contribution in [0.1, 0.15) is 11.4 Å². The number of rotatable bonds is 2. The van der Waals surface area contributed by atoms with Crippen LogP contribution in [0.2, 0.25) is 0 Å². The van der Waals surface area contributed by atoms with Crippen molar-refractivity contribution in [2.45, 2.75) is 13.3 Å². The van der Waals surface area contributed by atoms with E-state index in [4.69, 9.17) is 11.5 Å². The normalized spacial score (nSPS) is 9.75. The topological polar surface area (TPSA) is 82.0 Å². The number of hydrogen-bond donors (Lipinski definition) is 2. The first kappa shape index (κ1) is 8.52. The smallest absolute Gasteiger partial charge is 0.223 e. The van der Waals surface area contributed by atoms with Gasteiger partial charge in [0.15, 0.2) is 0 Å². The van der Waals surface area contributed by atoms with Gasteiger partial charge in [-0.3, -0.25) is 9.78 Å². The summed E-state index contributed by atoms with van der Waals surface area (Å²) < 4.78 is 0. The van der Waals surface area contributed by atoms with Crippen molar-refractivity contribution in [1.29, 1.82) is 0 Å². The van der Waals surface area contributed by atoms with Crippen LogP contribution in [-0.2, 0) is 11.2 Å². The Balaban J connectivity index is 2.89. The van der Waals surface area contributed by atoms with Crippen LogP contribution < -0.4 is 11.5 Å². The van der Waals surface area contributed by atoms with E-state index in [1.807, 2.05) is 0 Å². The SMILES string of the molecule is Cc1nc(CC(N)=O)ccc1N. The first-order valence-electron chi connectivity index (χ1n) is 3.60. The molecule has 0 aliphatic carbocycles. The van der Waals surface area contributed by atoms with Gasteiger partial charge in [0.25, 0.3) is 0 Å². The number of carbonyl (C=O) groups excluding carboxylic acids is 1. The van der Waals surface area contributed by atoms with E-state index >= 15 is 0 Å². The molecular weight excluding hydrogens is 154 g/mol. The van der Waals surface area contributed by atoms with Crippen LogP contribution in [0.4, 0.5) is 5.69 Å². The average molecular weight is 165 g/mol. The van der Waals surface area contributed by atoms with Crippen LogP contribution >= 0.6 is 0 Å². The van der Waals surface area contributed by atoms with Gasteiger partial charge in [0.05, 0.1) is 23.5 Å². The monoisotopic (exact) mass is 165 g/mol. The zero-order valence-corrected chi connectivity index (χ0v) is 6.87. The lowest BCUT2D eigenvalue weighted by molar-refractivity contribution is -0.117. The van der Waals surface area contributed by atoms with Gasteiger partial charge in [0.2, 0.25) is 5.91 Å². The molecule has 1 heterocycles. The molecule has 1 aromatic rings. The summed E-state index contributed by atoms with van der Waals surface area (Å²) in [5.74, 6) is -0.383. The molecule has 0 atom stereocenters. The van der Waals surface area contributed by atoms with Crippen LogP contribution in [0, 0.1) is 6.92 Å². The van der Waals surface area contributed by atoms with Crippen LogP contribution in [0.25, 0.3) is 0 Å². The summed E-state index contributed by atoms with van der Waals surface area (Å²) in [7, 11) is 0. The van der Waals surface area contributed by atoms with Crippen molar-refractivity contribution in [2.75, 3.05) is 5.73 Å². The number of nitrogen functional groups attached to an aromatic ring is 1. The molecular formula is C8H11N3O. The van der Waals surface area contributed by atoms with Gasteiger partial charge in [-0.15, -0.1) is 0 Å².